The number of rotatable bonds is 13. The molecule has 15 heteroatoms. The fourth-order valence-corrected chi connectivity index (χ4v) is 3.75. The minimum absolute atomic E-state index is 0.0472. The lowest BCUT2D eigenvalue weighted by molar-refractivity contribution is 0.0991. The summed E-state index contributed by atoms with van der Waals surface area (Å²) < 4.78 is 63.1. The van der Waals surface area contributed by atoms with Gasteiger partial charge < -0.3 is 20.5 Å². The van der Waals surface area contributed by atoms with E-state index in [-0.39, 0.29) is 24.1 Å². The summed E-state index contributed by atoms with van der Waals surface area (Å²) in [4.78, 5) is 12.5. The number of hydrogen-bond acceptors (Lipinski definition) is 12. The predicted octanol–water partition coefficient (Wildman–Crippen LogP) is -0.0625. The van der Waals surface area contributed by atoms with Crippen LogP contribution >= 0.6 is 0 Å². The Morgan fingerprint density at radius 3 is 2.29 bits per heavy atom. The normalized spacial score (nSPS) is 12.0. The molecule has 0 saturated heterocycles. The molecule has 0 amide bonds. The van der Waals surface area contributed by atoms with E-state index in [9.17, 15) is 16.8 Å². The SMILES string of the molecule is Cc1nc(NCCOCCO)nc(Nc2ccc(S(=O)(=O)CCOS(=O)(=O)O)cc2)n1. The van der Waals surface area contributed by atoms with E-state index in [1.165, 1.54) is 24.3 Å². The van der Waals surface area contributed by atoms with Crippen molar-refractivity contribution >= 4 is 37.8 Å². The average molecular weight is 478 g/mol. The lowest BCUT2D eigenvalue weighted by Gasteiger charge is -2.10. The third-order valence-electron chi connectivity index (χ3n) is 3.57. The van der Waals surface area contributed by atoms with Gasteiger partial charge in [0.2, 0.25) is 11.9 Å². The van der Waals surface area contributed by atoms with Crippen LogP contribution in [0.5, 0.6) is 0 Å². The van der Waals surface area contributed by atoms with Crippen molar-refractivity contribution in [2.24, 2.45) is 0 Å². The Labute approximate surface area is 179 Å². The molecule has 1 aromatic heterocycles. The monoisotopic (exact) mass is 477 g/mol. The smallest absolute Gasteiger partial charge is 0.394 e. The summed E-state index contributed by atoms with van der Waals surface area (Å²) in [5.41, 5.74) is 0.510. The van der Waals surface area contributed by atoms with E-state index in [1.807, 2.05) is 0 Å². The van der Waals surface area contributed by atoms with Crippen molar-refractivity contribution in [3.05, 3.63) is 30.1 Å². The first-order chi connectivity index (χ1) is 14.6. The number of aliphatic hydroxyl groups excluding tert-OH is 1. The summed E-state index contributed by atoms with van der Waals surface area (Å²) >= 11 is 0. The zero-order valence-corrected chi connectivity index (χ0v) is 18.2. The van der Waals surface area contributed by atoms with Crippen molar-refractivity contribution in [1.29, 1.82) is 0 Å². The highest BCUT2D eigenvalue weighted by Crippen LogP contribution is 2.18. The average Bonchev–Trinajstić information content (AvgIpc) is 2.66. The molecule has 0 fully saturated rings. The van der Waals surface area contributed by atoms with Crippen LogP contribution in [0.4, 0.5) is 17.6 Å². The van der Waals surface area contributed by atoms with Crippen LogP contribution in [-0.4, -0.2) is 80.2 Å². The molecule has 0 aliphatic carbocycles. The van der Waals surface area contributed by atoms with E-state index in [1.54, 1.807) is 6.92 Å². The predicted molar refractivity (Wildman–Crippen MR) is 110 cm³/mol. The van der Waals surface area contributed by atoms with Gasteiger partial charge in [-0.05, 0) is 31.2 Å². The highest BCUT2D eigenvalue weighted by atomic mass is 32.3. The Balaban J connectivity index is 1.99. The van der Waals surface area contributed by atoms with E-state index in [0.29, 0.717) is 30.6 Å². The Kier molecular flexibility index (Phi) is 9.02. The number of aromatic nitrogens is 3. The minimum atomic E-state index is -4.70. The number of aryl methyl sites for hydroxylation is 1. The van der Waals surface area contributed by atoms with Crippen LogP contribution in [0, 0.1) is 6.92 Å². The van der Waals surface area contributed by atoms with Gasteiger partial charge in [-0.15, -0.1) is 0 Å². The lowest BCUT2D eigenvalue weighted by Crippen LogP contribution is -2.15. The molecule has 0 unspecified atom stereocenters. The van der Waals surface area contributed by atoms with E-state index < -0.39 is 32.6 Å². The topological polar surface area (TPSA) is 190 Å². The first-order valence-electron chi connectivity index (χ1n) is 8.96. The van der Waals surface area contributed by atoms with Crippen LogP contribution in [0.25, 0.3) is 0 Å². The third kappa shape index (κ3) is 9.07. The Morgan fingerprint density at radius 2 is 1.65 bits per heavy atom. The molecule has 0 aliphatic rings. The molecule has 0 bridgehead atoms. The fourth-order valence-electron chi connectivity index (χ4n) is 2.26. The Hall–Kier alpha value is -2.43. The molecule has 2 rings (SSSR count). The number of nitrogens with one attached hydrogen (secondary N) is 2. The standard InChI is InChI=1S/C16H23N5O8S2/c1-12-18-15(17-6-8-28-9-7-22)21-16(19-12)20-13-2-4-14(5-3-13)30(23,24)11-10-29-31(25,26)27/h2-5,22H,6-11H2,1H3,(H,25,26,27)(H2,17,18,19,20,21). The highest BCUT2D eigenvalue weighted by molar-refractivity contribution is 7.91. The Bertz CT molecular complexity index is 1060. The van der Waals surface area contributed by atoms with Gasteiger partial charge in [0.05, 0.1) is 37.1 Å². The molecule has 0 radical (unpaired) electrons. The maximum Gasteiger partial charge on any atom is 0.397 e. The number of ether oxygens (including phenoxy) is 1. The molecule has 0 spiro atoms. The molecule has 31 heavy (non-hydrogen) atoms. The summed E-state index contributed by atoms with van der Waals surface area (Å²) in [6.45, 7) is 1.95. The van der Waals surface area contributed by atoms with Gasteiger partial charge in [0.25, 0.3) is 0 Å². The maximum atomic E-state index is 12.2. The highest BCUT2D eigenvalue weighted by Gasteiger charge is 2.16. The number of anilines is 3. The van der Waals surface area contributed by atoms with Gasteiger partial charge in [-0.1, -0.05) is 0 Å². The van der Waals surface area contributed by atoms with Crippen LogP contribution in [-0.2, 0) is 29.2 Å². The molecular weight excluding hydrogens is 454 g/mol. The second kappa shape index (κ2) is 11.3. The van der Waals surface area contributed by atoms with E-state index >= 15 is 0 Å². The van der Waals surface area contributed by atoms with E-state index in [2.05, 4.69) is 29.8 Å². The number of benzene rings is 1. The van der Waals surface area contributed by atoms with Crippen LogP contribution in [0.1, 0.15) is 5.82 Å². The second-order valence-corrected chi connectivity index (χ2v) is 9.21. The quantitative estimate of drug-likeness (QED) is 0.222. The molecule has 172 valence electrons. The Morgan fingerprint density at radius 1 is 0.968 bits per heavy atom. The summed E-state index contributed by atoms with van der Waals surface area (Å²) in [5, 5.41) is 14.6. The van der Waals surface area contributed by atoms with Gasteiger partial charge in [-0.2, -0.15) is 23.4 Å². The van der Waals surface area contributed by atoms with Crippen LogP contribution in [0.3, 0.4) is 0 Å². The van der Waals surface area contributed by atoms with Gasteiger partial charge in [0, 0.05) is 12.2 Å². The van der Waals surface area contributed by atoms with Gasteiger partial charge in [-0.25, -0.2) is 12.6 Å². The van der Waals surface area contributed by atoms with Crippen LogP contribution in [0.2, 0.25) is 0 Å². The molecule has 1 heterocycles. The molecule has 0 aliphatic heterocycles. The van der Waals surface area contributed by atoms with Crippen molar-refractivity contribution in [3.8, 4) is 0 Å². The fraction of sp³-hybridized carbons (Fsp3) is 0.438. The molecule has 0 saturated carbocycles. The zero-order chi connectivity index (χ0) is 22.9. The second-order valence-electron chi connectivity index (χ2n) is 6.01. The largest absolute Gasteiger partial charge is 0.397 e. The van der Waals surface area contributed by atoms with Crippen molar-refractivity contribution in [3.63, 3.8) is 0 Å². The maximum absolute atomic E-state index is 12.2. The van der Waals surface area contributed by atoms with Crippen molar-refractivity contribution in [2.75, 3.05) is 49.4 Å². The molecule has 0 atom stereocenters. The molecule has 2 aromatic rings. The van der Waals surface area contributed by atoms with E-state index in [0.717, 1.165) is 0 Å². The summed E-state index contributed by atoms with van der Waals surface area (Å²) in [6.07, 6.45) is 0. The number of aliphatic hydroxyl groups is 1. The van der Waals surface area contributed by atoms with Crippen molar-refractivity contribution < 1.29 is 35.4 Å². The van der Waals surface area contributed by atoms with Gasteiger partial charge >= 0.3 is 10.4 Å². The summed E-state index contributed by atoms with van der Waals surface area (Å²) in [6, 6.07) is 5.64. The summed E-state index contributed by atoms with van der Waals surface area (Å²) in [7, 11) is -8.51. The van der Waals surface area contributed by atoms with Crippen molar-refractivity contribution in [1.82, 2.24) is 15.0 Å². The molecular formula is C16H23N5O8S2. The zero-order valence-electron chi connectivity index (χ0n) is 16.6. The van der Waals surface area contributed by atoms with Crippen LogP contribution < -0.4 is 10.6 Å². The van der Waals surface area contributed by atoms with Gasteiger partial charge in [0.1, 0.15) is 5.82 Å². The van der Waals surface area contributed by atoms with Crippen LogP contribution in [0.15, 0.2) is 29.2 Å². The number of sulfone groups is 1. The number of hydrogen-bond donors (Lipinski definition) is 4. The van der Waals surface area contributed by atoms with Gasteiger partial charge in [-0.3, -0.25) is 4.55 Å². The van der Waals surface area contributed by atoms with Crippen molar-refractivity contribution in [2.45, 2.75) is 11.8 Å². The lowest BCUT2D eigenvalue weighted by atomic mass is 10.3. The number of nitrogens with zero attached hydrogens (tertiary/aromatic N) is 3. The molecule has 4 N–H and O–H groups in total. The minimum Gasteiger partial charge on any atom is -0.394 e. The van der Waals surface area contributed by atoms with Gasteiger partial charge in [0.15, 0.2) is 9.84 Å². The third-order valence-corrected chi connectivity index (χ3v) is 5.73. The van der Waals surface area contributed by atoms with E-state index in [4.69, 9.17) is 14.4 Å². The first-order valence-corrected chi connectivity index (χ1v) is 12.0. The first kappa shape index (κ1) is 24.8. The molecule has 13 nitrogen and oxygen atoms in total. The summed E-state index contributed by atoms with van der Waals surface area (Å²) in [5.74, 6) is 0.391. The molecule has 1 aromatic carbocycles.